The summed E-state index contributed by atoms with van der Waals surface area (Å²) in [5, 5.41) is 3.01. The first-order valence-electron chi connectivity index (χ1n) is 6.30. The molecule has 114 valence electrons. The van der Waals surface area contributed by atoms with E-state index in [0.717, 1.165) is 18.7 Å². The van der Waals surface area contributed by atoms with Crippen LogP contribution in [0.4, 0.5) is 19.0 Å². The molecule has 0 aliphatic rings. The van der Waals surface area contributed by atoms with E-state index in [0.29, 0.717) is 0 Å². The monoisotopic (exact) mass is 334 g/mol. The van der Waals surface area contributed by atoms with Gasteiger partial charge in [0.05, 0.1) is 10.6 Å². The number of hydrogen-bond acceptors (Lipinski definition) is 3. The summed E-state index contributed by atoms with van der Waals surface area (Å²) in [5.74, 6) is 0.269. The minimum absolute atomic E-state index is 0.0183. The highest BCUT2D eigenvalue weighted by molar-refractivity contribution is 7.11. The standard InChI is InChI=1S/C14H14ClF3N2S/c1-8(5-11-4-3-9(2)21-11)20-13-12(15)6-10(7-19-13)14(16,17)18/h3-4,6-8H,5H2,1-2H3,(H,19,20). The molecule has 0 fully saturated rings. The number of aromatic nitrogens is 1. The first-order valence-corrected chi connectivity index (χ1v) is 7.49. The fourth-order valence-corrected chi connectivity index (χ4v) is 3.12. The molecule has 2 aromatic rings. The normalized spacial score (nSPS) is 13.2. The van der Waals surface area contributed by atoms with Crippen LogP contribution in [0.2, 0.25) is 5.02 Å². The van der Waals surface area contributed by atoms with Crippen LogP contribution in [-0.2, 0) is 12.6 Å². The summed E-state index contributed by atoms with van der Waals surface area (Å²) in [5.41, 5.74) is -0.848. The quantitative estimate of drug-likeness (QED) is 0.834. The van der Waals surface area contributed by atoms with Crippen LogP contribution < -0.4 is 5.32 Å². The van der Waals surface area contributed by atoms with Crippen LogP contribution in [0, 0.1) is 6.92 Å². The summed E-state index contributed by atoms with van der Waals surface area (Å²) < 4.78 is 37.6. The molecule has 1 unspecified atom stereocenters. The van der Waals surface area contributed by atoms with E-state index in [1.807, 2.05) is 26.0 Å². The Labute approximate surface area is 130 Å². The Bertz CT molecular complexity index is 625. The number of halogens is 4. The van der Waals surface area contributed by atoms with E-state index in [-0.39, 0.29) is 16.9 Å². The molecular formula is C14H14ClF3N2S. The number of pyridine rings is 1. The summed E-state index contributed by atoms with van der Waals surface area (Å²) in [6.45, 7) is 3.96. The van der Waals surface area contributed by atoms with Crippen molar-refractivity contribution < 1.29 is 13.2 Å². The van der Waals surface area contributed by atoms with E-state index < -0.39 is 11.7 Å². The van der Waals surface area contributed by atoms with Crippen molar-refractivity contribution in [2.75, 3.05) is 5.32 Å². The highest BCUT2D eigenvalue weighted by Crippen LogP contribution is 2.32. The van der Waals surface area contributed by atoms with Gasteiger partial charge in [0, 0.05) is 28.4 Å². The van der Waals surface area contributed by atoms with E-state index in [2.05, 4.69) is 10.3 Å². The number of hydrogen-bond donors (Lipinski definition) is 1. The molecular weight excluding hydrogens is 321 g/mol. The molecule has 1 N–H and O–H groups in total. The minimum Gasteiger partial charge on any atom is -0.366 e. The third-order valence-electron chi connectivity index (χ3n) is 2.86. The fourth-order valence-electron chi connectivity index (χ4n) is 1.88. The first-order chi connectivity index (χ1) is 9.75. The van der Waals surface area contributed by atoms with E-state index in [9.17, 15) is 13.2 Å². The van der Waals surface area contributed by atoms with Gasteiger partial charge in [-0.3, -0.25) is 0 Å². The predicted molar refractivity (Wildman–Crippen MR) is 80.1 cm³/mol. The maximum atomic E-state index is 12.5. The summed E-state index contributed by atoms with van der Waals surface area (Å²) >= 11 is 7.56. The van der Waals surface area contributed by atoms with E-state index in [1.165, 1.54) is 9.75 Å². The SMILES string of the molecule is Cc1ccc(CC(C)Nc2ncc(C(F)(F)F)cc2Cl)s1. The predicted octanol–water partition coefficient (Wildman–Crippen LogP) is 5.17. The van der Waals surface area contributed by atoms with Crippen molar-refractivity contribution in [3.8, 4) is 0 Å². The van der Waals surface area contributed by atoms with Crippen LogP contribution in [0.1, 0.15) is 22.2 Å². The molecule has 0 radical (unpaired) electrons. The van der Waals surface area contributed by atoms with Gasteiger partial charge in [0.1, 0.15) is 5.82 Å². The van der Waals surface area contributed by atoms with Crippen molar-refractivity contribution >= 4 is 28.8 Å². The third kappa shape index (κ3) is 4.35. The van der Waals surface area contributed by atoms with Crippen LogP contribution in [0.15, 0.2) is 24.4 Å². The molecule has 7 heteroatoms. The van der Waals surface area contributed by atoms with E-state index >= 15 is 0 Å². The molecule has 1 atom stereocenters. The highest BCUT2D eigenvalue weighted by atomic mass is 35.5. The molecule has 0 saturated heterocycles. The van der Waals surface area contributed by atoms with Gasteiger partial charge in [-0.25, -0.2) is 4.98 Å². The molecule has 2 aromatic heterocycles. The maximum absolute atomic E-state index is 12.5. The smallest absolute Gasteiger partial charge is 0.366 e. The largest absolute Gasteiger partial charge is 0.417 e. The molecule has 0 bridgehead atoms. The third-order valence-corrected chi connectivity index (χ3v) is 4.17. The fraction of sp³-hybridized carbons (Fsp3) is 0.357. The number of anilines is 1. The second-order valence-corrected chi connectivity index (χ2v) is 6.59. The maximum Gasteiger partial charge on any atom is 0.417 e. The number of nitrogens with one attached hydrogen (secondary N) is 1. The van der Waals surface area contributed by atoms with Gasteiger partial charge >= 0.3 is 6.18 Å². The lowest BCUT2D eigenvalue weighted by molar-refractivity contribution is -0.137. The Morgan fingerprint density at radius 1 is 1.38 bits per heavy atom. The molecule has 21 heavy (non-hydrogen) atoms. The molecule has 0 aliphatic carbocycles. The number of nitrogens with zero attached hydrogens (tertiary/aromatic N) is 1. The zero-order valence-electron chi connectivity index (χ0n) is 11.5. The zero-order chi connectivity index (χ0) is 15.6. The average Bonchev–Trinajstić information content (AvgIpc) is 2.76. The van der Waals surface area contributed by atoms with Crippen molar-refractivity contribution in [3.63, 3.8) is 0 Å². The van der Waals surface area contributed by atoms with Crippen LogP contribution in [-0.4, -0.2) is 11.0 Å². The van der Waals surface area contributed by atoms with Gasteiger partial charge in [-0.05, 0) is 32.0 Å². The molecule has 2 heterocycles. The summed E-state index contributed by atoms with van der Waals surface area (Å²) in [6.07, 6.45) is -2.89. The Kier molecular flexibility index (Phi) is 4.78. The zero-order valence-corrected chi connectivity index (χ0v) is 13.0. The molecule has 0 spiro atoms. The Hall–Kier alpha value is -1.27. The van der Waals surface area contributed by atoms with Crippen molar-refractivity contribution in [3.05, 3.63) is 44.7 Å². The lowest BCUT2D eigenvalue weighted by Gasteiger charge is -2.15. The molecule has 0 amide bonds. The highest BCUT2D eigenvalue weighted by Gasteiger charge is 2.31. The van der Waals surface area contributed by atoms with Crippen molar-refractivity contribution in [1.82, 2.24) is 4.98 Å². The van der Waals surface area contributed by atoms with Crippen LogP contribution in [0.3, 0.4) is 0 Å². The molecule has 2 rings (SSSR count). The number of thiophene rings is 1. The lowest BCUT2D eigenvalue weighted by Crippen LogP contribution is -2.19. The Balaban J connectivity index is 2.05. The van der Waals surface area contributed by atoms with Crippen molar-refractivity contribution in [2.24, 2.45) is 0 Å². The summed E-state index contributed by atoms with van der Waals surface area (Å²) in [7, 11) is 0. The van der Waals surface area contributed by atoms with E-state index in [4.69, 9.17) is 11.6 Å². The van der Waals surface area contributed by atoms with Gasteiger partial charge in [0.2, 0.25) is 0 Å². The van der Waals surface area contributed by atoms with Crippen molar-refractivity contribution in [2.45, 2.75) is 32.5 Å². The van der Waals surface area contributed by atoms with Gasteiger partial charge in [-0.15, -0.1) is 11.3 Å². The van der Waals surface area contributed by atoms with Gasteiger partial charge in [-0.2, -0.15) is 13.2 Å². The van der Waals surface area contributed by atoms with E-state index in [1.54, 1.807) is 11.3 Å². The minimum atomic E-state index is -4.44. The Morgan fingerprint density at radius 3 is 2.62 bits per heavy atom. The molecule has 0 aromatic carbocycles. The summed E-state index contributed by atoms with van der Waals surface area (Å²) in [6, 6.07) is 4.99. The first kappa shape index (κ1) is 16.1. The van der Waals surface area contributed by atoms with Gasteiger partial charge in [0.15, 0.2) is 0 Å². The summed E-state index contributed by atoms with van der Waals surface area (Å²) in [4.78, 5) is 6.20. The average molecular weight is 335 g/mol. The van der Waals surface area contributed by atoms with Crippen molar-refractivity contribution in [1.29, 1.82) is 0 Å². The topological polar surface area (TPSA) is 24.9 Å². The van der Waals surface area contributed by atoms with Gasteiger partial charge < -0.3 is 5.32 Å². The van der Waals surface area contributed by atoms with Crippen LogP contribution in [0.5, 0.6) is 0 Å². The molecule has 2 nitrogen and oxygen atoms in total. The number of rotatable bonds is 4. The molecule has 0 saturated carbocycles. The molecule has 0 aliphatic heterocycles. The lowest BCUT2D eigenvalue weighted by atomic mass is 10.2. The second kappa shape index (κ2) is 6.23. The van der Waals surface area contributed by atoms with Gasteiger partial charge in [0.25, 0.3) is 0 Å². The second-order valence-electron chi connectivity index (χ2n) is 4.81. The Morgan fingerprint density at radius 2 is 2.10 bits per heavy atom. The van der Waals surface area contributed by atoms with Gasteiger partial charge in [-0.1, -0.05) is 11.6 Å². The number of alkyl halides is 3. The van der Waals surface area contributed by atoms with Crippen LogP contribution >= 0.6 is 22.9 Å². The number of aryl methyl sites for hydroxylation is 1. The van der Waals surface area contributed by atoms with Crippen LogP contribution in [0.25, 0.3) is 0 Å².